The minimum Gasteiger partial charge on any atom is -0.479 e. The van der Waals surface area contributed by atoms with Crippen molar-refractivity contribution in [3.8, 4) is 0 Å². The van der Waals surface area contributed by atoms with Gasteiger partial charge in [-0.1, -0.05) is 0 Å². The first kappa shape index (κ1) is 116. The van der Waals surface area contributed by atoms with E-state index in [2.05, 4.69) is 31.9 Å². The van der Waals surface area contributed by atoms with Crippen molar-refractivity contribution in [2.45, 2.75) is 379 Å². The van der Waals surface area contributed by atoms with Crippen LogP contribution in [0.3, 0.4) is 0 Å². The molecule has 0 bridgehead atoms. The highest BCUT2D eigenvalue weighted by atomic mass is 16.8. The molecule has 0 radical (unpaired) electrons. The lowest BCUT2D eigenvalue weighted by Gasteiger charge is -2.52. The lowest BCUT2D eigenvalue weighted by Crippen LogP contribution is -2.71. The van der Waals surface area contributed by atoms with Crippen LogP contribution in [0.25, 0.3) is 0 Å². The summed E-state index contributed by atoms with van der Waals surface area (Å²) in [5, 5.41) is 343. The number of carboxylic acids is 1. The molecule has 11 aliphatic rings. The average Bonchev–Trinajstić information content (AvgIpc) is 0.759. The van der Waals surface area contributed by atoms with Gasteiger partial charge in [-0.3, -0.25) is 28.8 Å². The van der Waals surface area contributed by atoms with Crippen LogP contribution < -0.4 is 31.9 Å². The topological polar surface area (TPSA) is 972 Å². The monoisotopic (exact) mass is 2060 g/mol. The number of amides is 6. The quantitative estimate of drug-likeness (QED) is 0.0275. The zero-order valence-electron chi connectivity index (χ0n) is 75.7. The zero-order chi connectivity index (χ0) is 104. The lowest BCUT2D eigenvalue weighted by molar-refractivity contribution is -0.405. The molecular weight excluding hydrogens is 1930 g/mol. The van der Waals surface area contributed by atoms with Crippen molar-refractivity contribution < 1.29 is 281 Å². The van der Waals surface area contributed by atoms with E-state index in [1.54, 1.807) is 0 Å². The van der Waals surface area contributed by atoms with Gasteiger partial charge in [0.2, 0.25) is 35.4 Å². The number of rotatable bonds is 37. The number of aliphatic hydroxyl groups is 28. The number of carboxylic acid groups (broad SMARTS) is 1. The second-order valence-electron chi connectivity index (χ2n) is 35.3. The van der Waals surface area contributed by atoms with E-state index >= 15 is 0 Å². The highest BCUT2D eigenvalue weighted by Crippen LogP contribution is 2.42. The van der Waals surface area contributed by atoms with E-state index in [9.17, 15) is 182 Å². The largest absolute Gasteiger partial charge is 0.479 e. The maximum Gasteiger partial charge on any atom is 0.335 e. The Morgan fingerprint density at radius 3 is 0.844 bits per heavy atom. The van der Waals surface area contributed by atoms with Crippen LogP contribution in [0.1, 0.15) is 41.5 Å². The van der Waals surface area contributed by atoms with Gasteiger partial charge >= 0.3 is 5.97 Å². The molecule has 0 unspecified atom stereocenters. The Kier molecular flexibility index (Phi) is 41.5. The molecule has 11 fully saturated rings. The van der Waals surface area contributed by atoms with Crippen LogP contribution in [0.2, 0.25) is 0 Å². The van der Waals surface area contributed by atoms with Gasteiger partial charge in [0.1, 0.15) is 262 Å². The summed E-state index contributed by atoms with van der Waals surface area (Å²) in [7, 11) is 0. The maximum absolute atomic E-state index is 13.3. The van der Waals surface area contributed by atoms with Crippen LogP contribution >= 0.6 is 0 Å². The zero-order valence-corrected chi connectivity index (χ0v) is 75.7. The Balaban J connectivity index is 0.975. The Morgan fingerprint density at radius 2 is 0.454 bits per heavy atom. The number of ether oxygens (including phenoxy) is 21. The molecule has 0 aromatic carbocycles. The molecule has 11 rings (SSSR count). The first-order chi connectivity index (χ1) is 66.6. The average molecular weight is 2060 g/mol. The molecule has 812 valence electrons. The number of carbonyl (C=O) groups excluding carboxylic acids is 6. The number of carbonyl (C=O) groups is 7. The van der Waals surface area contributed by atoms with Crippen molar-refractivity contribution in [1.29, 1.82) is 0 Å². The molecule has 35 N–H and O–H groups in total. The first-order valence-corrected chi connectivity index (χ1v) is 44.6. The lowest BCUT2D eigenvalue weighted by atomic mass is 9.93. The molecule has 0 aromatic rings. The molecule has 0 aliphatic carbocycles. The van der Waals surface area contributed by atoms with Gasteiger partial charge in [-0.2, -0.15) is 0 Å². The minimum atomic E-state index is -2.76. The number of aliphatic carboxylic acids is 1. The summed E-state index contributed by atoms with van der Waals surface area (Å²) in [6.45, 7) is -6.38. The summed E-state index contributed by atoms with van der Waals surface area (Å²) in [5.41, 5.74) is 0. The SMILES string of the molecule is CC(=O)N[C@@H]1[C@@H](O)[C@H](O[C@@H]2O[C@H](CO)[C@@H](O[C@@H]3O[C@H](CO[C@H]4O[C@H](CO[C@@H]5O[C@H](CO)[C@@H](O)[C@H](O)[C@H]5NC(C)=O)[C@@H](O)[C@H](O)[C@@H]4O[C@@H]4O[C@H](CO)[C@@H](O)[C@H](O)[C@H]4NC(C)=O)[C@@H](O)[C@H](O[C@H]4O[C@H](CO)[C@@H](O[C@@H]5O[C@H](CO)[C@@H](O[C@@H]6O[C@H](CO)[C@H](O)[C@H](O[C@@H]7O[C@H](C(=O)O)[C@@H](O)[C@H](O)[C@H]7O)[C@H]6O)[C@H](O)[C@H]5NC(C)=O)[C@H](O)[C@@H]4O[C@@H]4O[C@H](CO)[C@@H](O)[C@H](O)[C@H]4NC(C)=O)[C@@H]3O)[C@H](O)[C@H]2NC(C)=O)[C@@H](CO)O[C@H]1O. The summed E-state index contributed by atoms with van der Waals surface area (Å²) in [6, 6.07) is -11.5. The van der Waals surface area contributed by atoms with E-state index in [1.165, 1.54) is 0 Å². The van der Waals surface area contributed by atoms with E-state index in [0.717, 1.165) is 41.5 Å². The van der Waals surface area contributed by atoms with Gasteiger partial charge in [-0.15, -0.1) is 0 Å². The molecule has 0 aromatic heterocycles. The Bertz CT molecular complexity index is 4010. The van der Waals surface area contributed by atoms with E-state index in [1.807, 2.05) is 0 Å². The molecule has 0 spiro atoms. The highest BCUT2D eigenvalue weighted by molar-refractivity contribution is 5.76. The molecule has 63 heteroatoms. The first-order valence-electron chi connectivity index (χ1n) is 44.6. The van der Waals surface area contributed by atoms with E-state index < -0.39 is 445 Å². The molecule has 6 amide bonds. The van der Waals surface area contributed by atoms with Crippen molar-refractivity contribution >= 4 is 41.4 Å². The van der Waals surface area contributed by atoms with Crippen LogP contribution in [-0.2, 0) is 133 Å². The molecule has 0 saturated carbocycles. The van der Waals surface area contributed by atoms with E-state index in [4.69, 9.17) is 99.5 Å². The molecule has 11 heterocycles. The third-order valence-electron chi connectivity index (χ3n) is 25.3. The smallest absolute Gasteiger partial charge is 0.335 e. The molecule has 55 atom stereocenters. The summed E-state index contributed by atoms with van der Waals surface area (Å²) < 4.78 is 126. The fourth-order valence-electron chi connectivity index (χ4n) is 18.1. The fraction of sp³-hybridized carbons (Fsp3) is 0.910. The Morgan fingerprint density at radius 1 is 0.206 bits per heavy atom. The van der Waals surface area contributed by atoms with E-state index in [0.29, 0.717) is 0 Å². The summed E-state index contributed by atoms with van der Waals surface area (Å²) in [4.78, 5) is 89.3. The van der Waals surface area contributed by atoms with Crippen molar-refractivity contribution in [3.05, 3.63) is 0 Å². The van der Waals surface area contributed by atoms with Crippen LogP contribution in [-0.4, -0.2) is 593 Å². The normalized spacial score (nSPS) is 47.8. The molecular formula is C78H128N6O57. The number of hydrogen-bond acceptors (Lipinski definition) is 56. The van der Waals surface area contributed by atoms with Crippen LogP contribution in [0.4, 0.5) is 0 Å². The second kappa shape index (κ2) is 50.6. The third-order valence-corrected chi connectivity index (χ3v) is 25.3. The van der Waals surface area contributed by atoms with Crippen molar-refractivity contribution in [2.75, 3.05) is 66.1 Å². The highest BCUT2D eigenvalue weighted by Gasteiger charge is 2.63. The Labute approximate surface area is 797 Å². The van der Waals surface area contributed by atoms with Gasteiger partial charge in [0.25, 0.3) is 0 Å². The van der Waals surface area contributed by atoms with Gasteiger partial charge in [-0.05, 0) is 0 Å². The second-order valence-corrected chi connectivity index (χ2v) is 35.3. The van der Waals surface area contributed by atoms with Crippen molar-refractivity contribution in [3.63, 3.8) is 0 Å². The van der Waals surface area contributed by atoms with E-state index in [-0.39, 0.29) is 0 Å². The molecule has 141 heavy (non-hydrogen) atoms. The minimum absolute atomic E-state index is 0.835. The van der Waals surface area contributed by atoms with Crippen molar-refractivity contribution in [2.24, 2.45) is 0 Å². The summed E-state index contributed by atoms with van der Waals surface area (Å²) >= 11 is 0. The maximum atomic E-state index is 13.3. The molecule has 63 nitrogen and oxygen atoms in total. The van der Waals surface area contributed by atoms with Gasteiger partial charge in [0.05, 0.1) is 66.1 Å². The predicted octanol–water partition coefficient (Wildman–Crippen LogP) is -24.0. The van der Waals surface area contributed by atoms with Gasteiger partial charge in [0.15, 0.2) is 75.3 Å². The van der Waals surface area contributed by atoms with Gasteiger partial charge in [0, 0.05) is 41.5 Å². The van der Waals surface area contributed by atoms with Crippen LogP contribution in [0, 0.1) is 0 Å². The molecule has 11 aliphatic heterocycles. The van der Waals surface area contributed by atoms with Gasteiger partial charge < -0.3 is 279 Å². The van der Waals surface area contributed by atoms with Crippen LogP contribution in [0.15, 0.2) is 0 Å². The number of hydrogen-bond donors (Lipinski definition) is 35. The molecule has 11 saturated heterocycles. The standard InChI is InChI=1S/C78H128N6O57/c1-17(93)79-33-48(108)58(27(11-89)123-68(33)120)133-72-37(83-21(5)97)49(109)60(29(13-91)128-72)136-76-57(117)63(44(104)32(131-76)16-122-77-65(140-70-35(81-19(3)95)46(106)40(100)24(8-86)125-70)52(112)42(102)31(132-77)15-121-69-34(80-18(2)94)45(105)39(99)23(7-85)124-69)138-78-66(141-71-36(82-20(4)96)47(107)41(101)25(9-87)126-71)55(115)61(30(14-92)130-78)134-73-38(84-22(6)98)50(110)59(28(12-90)129-73)135-75-56(116)62(43(103)26(10-88)127-75)137-74-54(114)51(111)53(113)64(139-74)67(118)119/h23-66,68-78,85-92,99-117,120H,7-16H2,1-6H3,(H,79,93)(H,80,94)(H,81,95)(H,82,96)(H,83,97)(H,84,98)(H,118,119)/t23-,24-,25-,26-,27-,28-,29-,30-,31-,32-,33-,34-,35-,36-,37-,38-,39-,40-,41-,42-,43+,44-,45-,46-,47-,48-,49-,50-,51+,52+,53+,54-,55+,56-,57+,58-,59-,60-,61-,62+,63+,64+,65+,66+,68-,69-,70+,71+,72+,73+,74-,75+,76+,77+,78-/m1/s1. The summed E-state index contributed by atoms with van der Waals surface area (Å²) in [5.74, 6) is -7.60. The van der Waals surface area contributed by atoms with Crippen LogP contribution in [0.5, 0.6) is 0 Å². The fourth-order valence-corrected chi connectivity index (χ4v) is 18.1. The number of aliphatic hydroxyl groups excluding tert-OH is 28. The van der Waals surface area contributed by atoms with Crippen molar-refractivity contribution in [1.82, 2.24) is 31.9 Å². The van der Waals surface area contributed by atoms with Gasteiger partial charge in [-0.25, -0.2) is 4.79 Å². The summed E-state index contributed by atoms with van der Waals surface area (Å²) in [6.07, 6.45) is -109. The number of nitrogens with one attached hydrogen (secondary N) is 6. The third kappa shape index (κ3) is 26.1. The predicted molar refractivity (Wildman–Crippen MR) is 432 cm³/mol. The Hall–Kier alpha value is -5.67.